The zero-order valence-corrected chi connectivity index (χ0v) is 14.3. The van der Waals surface area contributed by atoms with Crippen LogP contribution in [-0.4, -0.2) is 19.3 Å². The van der Waals surface area contributed by atoms with E-state index in [0.29, 0.717) is 0 Å². The highest BCUT2D eigenvalue weighted by atomic mass is 16.6. The lowest BCUT2D eigenvalue weighted by atomic mass is 9.98. The molecule has 25 heavy (non-hydrogen) atoms. The Hall–Kier alpha value is -2.98. The smallest absolute Gasteiger partial charge is 0.126 e. The van der Waals surface area contributed by atoms with E-state index in [4.69, 9.17) is 9.57 Å². The molecule has 0 radical (unpaired) electrons. The minimum absolute atomic E-state index is 0.282. The van der Waals surface area contributed by atoms with Crippen molar-refractivity contribution < 1.29 is 14.7 Å². The van der Waals surface area contributed by atoms with Gasteiger partial charge in [0.15, 0.2) is 0 Å². The Kier molecular flexibility index (Phi) is 5.21. The lowest BCUT2D eigenvalue weighted by Crippen LogP contribution is -1.96. The number of phenolic OH excluding ortho intramolecular Hbond substituents is 1. The first kappa shape index (κ1) is 16.9. The topological polar surface area (TPSA) is 50.7 Å². The average molecular weight is 335 g/mol. The molecule has 0 amide bonds. The minimum Gasteiger partial charge on any atom is -0.508 e. The second kappa shape index (κ2) is 7.73. The van der Waals surface area contributed by atoms with Crippen LogP contribution < -0.4 is 10.2 Å². The van der Waals surface area contributed by atoms with Gasteiger partial charge in [-0.25, -0.2) is 0 Å². The molecule has 0 atom stereocenters. The summed E-state index contributed by atoms with van der Waals surface area (Å²) in [5, 5.41) is 9.65. The van der Waals surface area contributed by atoms with Crippen molar-refractivity contribution >= 4 is 5.69 Å². The Labute approximate surface area is 147 Å². The highest BCUT2D eigenvalue weighted by molar-refractivity contribution is 5.74. The van der Waals surface area contributed by atoms with Gasteiger partial charge in [0.25, 0.3) is 0 Å². The monoisotopic (exact) mass is 335 g/mol. The van der Waals surface area contributed by atoms with Gasteiger partial charge in [0.1, 0.15) is 11.5 Å². The van der Waals surface area contributed by atoms with Crippen LogP contribution in [0.15, 0.2) is 66.7 Å². The number of hydrogen-bond donors (Lipinski definition) is 2. The van der Waals surface area contributed by atoms with Gasteiger partial charge in [-0.2, -0.15) is 0 Å². The van der Waals surface area contributed by atoms with Crippen molar-refractivity contribution in [2.45, 2.75) is 6.42 Å². The largest absolute Gasteiger partial charge is 0.508 e. The molecule has 0 heterocycles. The van der Waals surface area contributed by atoms with Crippen LogP contribution >= 0.6 is 0 Å². The van der Waals surface area contributed by atoms with Crippen molar-refractivity contribution in [2.75, 3.05) is 19.7 Å². The molecule has 0 saturated heterocycles. The van der Waals surface area contributed by atoms with Gasteiger partial charge in [-0.05, 0) is 59.5 Å². The van der Waals surface area contributed by atoms with Gasteiger partial charge in [0.05, 0.1) is 19.9 Å². The standard InChI is InChI=1S/C21H21NO3/c1-24-21-10-9-16(11-15-5-3-8-19(23)12-15)13-20(21)17-6-4-7-18(14-17)22-25-2/h3-10,12-14,22-23H,11H2,1-2H3. The molecular formula is C21H21NO3. The highest BCUT2D eigenvalue weighted by Crippen LogP contribution is 2.33. The minimum atomic E-state index is 0.282. The summed E-state index contributed by atoms with van der Waals surface area (Å²) in [4.78, 5) is 4.98. The number of hydrogen-bond acceptors (Lipinski definition) is 4. The van der Waals surface area contributed by atoms with Crippen LogP contribution in [-0.2, 0) is 11.3 Å². The van der Waals surface area contributed by atoms with Gasteiger partial charge >= 0.3 is 0 Å². The molecule has 3 aromatic carbocycles. The number of phenols is 1. The van der Waals surface area contributed by atoms with Crippen molar-refractivity contribution in [1.82, 2.24) is 0 Å². The van der Waals surface area contributed by atoms with Gasteiger partial charge in [-0.15, -0.1) is 0 Å². The number of rotatable bonds is 6. The van der Waals surface area contributed by atoms with E-state index in [2.05, 4.69) is 11.5 Å². The second-order valence-electron chi connectivity index (χ2n) is 5.77. The van der Waals surface area contributed by atoms with E-state index < -0.39 is 0 Å². The Morgan fingerprint density at radius 3 is 2.44 bits per heavy atom. The van der Waals surface area contributed by atoms with Crippen LogP contribution in [0.5, 0.6) is 11.5 Å². The molecule has 128 valence electrons. The van der Waals surface area contributed by atoms with Gasteiger partial charge in [-0.1, -0.05) is 30.3 Å². The van der Waals surface area contributed by atoms with E-state index in [1.807, 2.05) is 48.5 Å². The first-order chi connectivity index (χ1) is 12.2. The summed E-state index contributed by atoms with van der Waals surface area (Å²) in [6, 6.07) is 21.4. The second-order valence-corrected chi connectivity index (χ2v) is 5.77. The number of benzene rings is 3. The molecule has 4 nitrogen and oxygen atoms in total. The zero-order chi connectivity index (χ0) is 17.6. The molecule has 3 aromatic rings. The molecule has 3 rings (SSSR count). The van der Waals surface area contributed by atoms with E-state index in [1.165, 1.54) is 0 Å². The molecule has 0 aromatic heterocycles. The fourth-order valence-electron chi connectivity index (χ4n) is 2.86. The lowest BCUT2D eigenvalue weighted by Gasteiger charge is -2.13. The molecule has 0 saturated carbocycles. The molecule has 0 unspecified atom stereocenters. The van der Waals surface area contributed by atoms with Crippen molar-refractivity contribution in [1.29, 1.82) is 0 Å². The summed E-state index contributed by atoms with van der Waals surface area (Å²) in [7, 11) is 3.26. The summed E-state index contributed by atoms with van der Waals surface area (Å²) >= 11 is 0. The maximum Gasteiger partial charge on any atom is 0.126 e. The molecular weight excluding hydrogens is 314 g/mol. The molecule has 0 aliphatic rings. The molecule has 2 N–H and O–H groups in total. The van der Waals surface area contributed by atoms with Crippen LogP contribution in [0.4, 0.5) is 5.69 Å². The summed E-state index contributed by atoms with van der Waals surface area (Å²) in [5.74, 6) is 1.10. The third kappa shape index (κ3) is 4.11. The zero-order valence-electron chi connectivity index (χ0n) is 14.3. The Bertz CT molecular complexity index is 861. The van der Waals surface area contributed by atoms with Gasteiger partial charge in [-0.3, -0.25) is 10.3 Å². The van der Waals surface area contributed by atoms with Crippen LogP contribution in [0.1, 0.15) is 11.1 Å². The van der Waals surface area contributed by atoms with Crippen LogP contribution in [0.2, 0.25) is 0 Å². The third-order valence-corrected chi connectivity index (χ3v) is 3.98. The van der Waals surface area contributed by atoms with Crippen molar-refractivity contribution in [3.63, 3.8) is 0 Å². The Morgan fingerprint density at radius 1 is 0.880 bits per heavy atom. The van der Waals surface area contributed by atoms with E-state index in [0.717, 1.165) is 40.1 Å². The fourth-order valence-corrected chi connectivity index (χ4v) is 2.86. The van der Waals surface area contributed by atoms with Gasteiger partial charge < -0.3 is 9.84 Å². The van der Waals surface area contributed by atoms with Crippen LogP contribution in [0.25, 0.3) is 11.1 Å². The van der Waals surface area contributed by atoms with E-state index >= 15 is 0 Å². The average Bonchev–Trinajstić information content (AvgIpc) is 2.62. The normalized spacial score (nSPS) is 10.5. The Morgan fingerprint density at radius 2 is 1.68 bits per heavy atom. The molecule has 0 bridgehead atoms. The predicted molar refractivity (Wildman–Crippen MR) is 100.0 cm³/mol. The third-order valence-electron chi connectivity index (χ3n) is 3.98. The van der Waals surface area contributed by atoms with Crippen molar-refractivity contribution in [3.8, 4) is 22.6 Å². The molecule has 4 heteroatoms. The molecule has 0 aliphatic heterocycles. The van der Waals surface area contributed by atoms with E-state index in [-0.39, 0.29) is 5.75 Å². The number of aromatic hydroxyl groups is 1. The summed E-state index contributed by atoms with van der Waals surface area (Å²) in [6.07, 6.45) is 0.738. The summed E-state index contributed by atoms with van der Waals surface area (Å²) in [5.41, 5.74) is 7.98. The molecule has 0 spiro atoms. The maximum atomic E-state index is 9.65. The number of nitrogens with one attached hydrogen (secondary N) is 1. The quantitative estimate of drug-likeness (QED) is 0.645. The molecule has 0 fully saturated rings. The first-order valence-corrected chi connectivity index (χ1v) is 8.04. The van der Waals surface area contributed by atoms with Crippen molar-refractivity contribution in [3.05, 3.63) is 77.9 Å². The van der Waals surface area contributed by atoms with Crippen molar-refractivity contribution in [2.24, 2.45) is 0 Å². The summed E-state index contributed by atoms with van der Waals surface area (Å²) < 4.78 is 5.53. The lowest BCUT2D eigenvalue weighted by molar-refractivity contribution is 0.271. The predicted octanol–water partition coefficient (Wildman–Crippen LogP) is 4.63. The SMILES string of the molecule is CONc1cccc(-c2cc(Cc3cccc(O)c3)ccc2OC)c1. The van der Waals surface area contributed by atoms with E-state index in [1.54, 1.807) is 26.4 Å². The number of methoxy groups -OCH3 is 1. The fraction of sp³-hybridized carbons (Fsp3) is 0.143. The van der Waals surface area contributed by atoms with E-state index in [9.17, 15) is 5.11 Å². The van der Waals surface area contributed by atoms with Crippen LogP contribution in [0, 0.1) is 0 Å². The highest BCUT2D eigenvalue weighted by Gasteiger charge is 2.09. The molecule has 0 aliphatic carbocycles. The number of ether oxygens (including phenoxy) is 1. The number of anilines is 1. The summed E-state index contributed by atoms with van der Waals surface area (Å²) in [6.45, 7) is 0. The maximum absolute atomic E-state index is 9.65. The van der Waals surface area contributed by atoms with Gasteiger partial charge in [0, 0.05) is 5.56 Å². The van der Waals surface area contributed by atoms with Crippen LogP contribution in [0.3, 0.4) is 0 Å². The first-order valence-electron chi connectivity index (χ1n) is 8.04. The van der Waals surface area contributed by atoms with Gasteiger partial charge in [0.2, 0.25) is 0 Å². The Balaban J connectivity index is 1.96.